The first kappa shape index (κ1) is 36.1. The van der Waals surface area contributed by atoms with E-state index in [0.717, 1.165) is 99.3 Å². The molecule has 5 fully saturated rings. The molecule has 6 aliphatic rings. The second-order valence-corrected chi connectivity index (χ2v) is 18.1. The number of fused-ring (bicyclic) bond motifs is 2. The summed E-state index contributed by atoms with van der Waals surface area (Å²) in [4.78, 5) is 74.1. The Morgan fingerprint density at radius 3 is 2.38 bits per heavy atom. The maximum absolute atomic E-state index is 13.3. The van der Waals surface area contributed by atoms with Gasteiger partial charge in [-0.25, -0.2) is 0 Å². The number of methoxy groups -OCH3 is 1. The van der Waals surface area contributed by atoms with Crippen molar-refractivity contribution in [2.24, 2.45) is 18.3 Å². The van der Waals surface area contributed by atoms with E-state index in [-0.39, 0.29) is 46.6 Å². The summed E-state index contributed by atoms with van der Waals surface area (Å²) in [5.41, 5.74) is 2.68. The molecule has 2 saturated carbocycles. The lowest BCUT2D eigenvalue weighted by molar-refractivity contribution is -0.136. The average molecular weight is 832 g/mol. The summed E-state index contributed by atoms with van der Waals surface area (Å²) in [5.74, 6) is -0.131. The lowest BCUT2D eigenvalue weighted by Crippen LogP contribution is -2.54. The molecule has 14 heteroatoms. The molecular formula is C47H52N6O8. The van der Waals surface area contributed by atoms with Crippen molar-refractivity contribution >= 4 is 34.4 Å². The number of hydrogen-bond donors (Lipinski definition) is 2. The third kappa shape index (κ3) is 7.37. The predicted octanol–water partition coefficient (Wildman–Crippen LogP) is 5.13. The van der Waals surface area contributed by atoms with Crippen LogP contribution in [0.5, 0.6) is 17.2 Å². The van der Waals surface area contributed by atoms with Crippen molar-refractivity contribution in [1.29, 1.82) is 0 Å². The van der Waals surface area contributed by atoms with Crippen molar-refractivity contribution in [3.8, 4) is 28.4 Å². The molecule has 4 aromatic rings. The summed E-state index contributed by atoms with van der Waals surface area (Å²) >= 11 is 0. The van der Waals surface area contributed by atoms with Gasteiger partial charge in [-0.2, -0.15) is 0 Å². The minimum atomic E-state index is -2.70. The molecule has 4 aliphatic heterocycles. The zero-order chi connectivity index (χ0) is 44.7. The van der Waals surface area contributed by atoms with Crippen molar-refractivity contribution in [2.45, 2.75) is 88.8 Å². The van der Waals surface area contributed by atoms with Gasteiger partial charge >= 0.3 is 0 Å². The highest BCUT2D eigenvalue weighted by Crippen LogP contribution is 2.51. The van der Waals surface area contributed by atoms with Gasteiger partial charge in [-0.1, -0.05) is 0 Å². The first-order chi connectivity index (χ1) is 30.7. The van der Waals surface area contributed by atoms with Gasteiger partial charge in [0.15, 0.2) is 0 Å². The van der Waals surface area contributed by atoms with E-state index in [1.807, 2.05) is 12.1 Å². The Morgan fingerprint density at radius 1 is 0.885 bits per heavy atom. The van der Waals surface area contributed by atoms with E-state index >= 15 is 0 Å². The summed E-state index contributed by atoms with van der Waals surface area (Å²) in [5, 5.41) is 14.5. The summed E-state index contributed by atoms with van der Waals surface area (Å²) in [6.45, 7) is 2.69. The van der Waals surface area contributed by atoms with Crippen LogP contribution in [0.2, 0.25) is 0 Å². The highest BCUT2D eigenvalue weighted by molar-refractivity contribution is 6.23. The number of imide groups is 2. The molecule has 1 atom stereocenters. The number of hydrogen-bond acceptors (Lipinski definition) is 11. The van der Waals surface area contributed by atoms with Crippen molar-refractivity contribution in [1.82, 2.24) is 29.6 Å². The van der Waals surface area contributed by atoms with Crippen molar-refractivity contribution in [2.75, 3.05) is 39.8 Å². The number of carbonyl (C=O) groups is 4. The fourth-order valence-corrected chi connectivity index (χ4v) is 10.5. The number of benzene rings is 2. The average Bonchev–Trinajstić information content (AvgIpc) is 4.08. The van der Waals surface area contributed by atoms with Crippen LogP contribution in [0.25, 0.3) is 21.9 Å². The number of nitrogens with one attached hydrogen (secondary N) is 1. The van der Waals surface area contributed by atoms with Gasteiger partial charge in [0.1, 0.15) is 23.3 Å². The van der Waals surface area contributed by atoms with Crippen LogP contribution in [-0.2, 0) is 23.1 Å². The topological polar surface area (TPSA) is 164 Å². The molecule has 1 unspecified atom stereocenters. The number of aromatic hydroxyl groups is 1. The quantitative estimate of drug-likeness (QED) is 0.204. The molecule has 14 nitrogen and oxygen atoms in total. The van der Waals surface area contributed by atoms with E-state index < -0.39 is 42.2 Å². The molecule has 6 heterocycles. The Hall–Kier alpha value is -5.60. The van der Waals surface area contributed by atoms with Crippen LogP contribution in [0.1, 0.15) is 106 Å². The zero-order valence-electron chi connectivity index (χ0n) is 37.3. The van der Waals surface area contributed by atoms with Crippen LogP contribution in [0, 0.1) is 11.3 Å². The summed E-state index contributed by atoms with van der Waals surface area (Å²) in [7, 11) is 1.56. The number of ether oxygens (including phenoxy) is 2. The SMILES string of the molecule is [2H]C([2H])([2H])n1cc(-c2cc(O)c(CN3CCC(CN4CCC5(CC4)CC(Oc4ccc6c(c4)C(=O)N(C4CCC(=O)NC4=O)C6=O)C5)CC3)c(OC)c2)c2cc(C3CC3)ncc2c1=O. The number of carbonyl (C=O) groups excluding carboxylic acids is 4. The van der Waals surface area contributed by atoms with Gasteiger partial charge in [0.2, 0.25) is 11.8 Å². The highest BCUT2D eigenvalue weighted by atomic mass is 16.5. The first-order valence-corrected chi connectivity index (χ1v) is 21.6. The molecule has 1 spiro atoms. The first-order valence-electron chi connectivity index (χ1n) is 23.1. The number of nitrogens with zero attached hydrogens (tertiary/aromatic N) is 5. The summed E-state index contributed by atoms with van der Waals surface area (Å²) < 4.78 is 37.0. The van der Waals surface area contributed by atoms with Gasteiger partial charge in [-0.3, -0.25) is 44.1 Å². The predicted molar refractivity (Wildman–Crippen MR) is 225 cm³/mol. The lowest BCUT2D eigenvalue weighted by Gasteiger charge is -2.52. The summed E-state index contributed by atoms with van der Waals surface area (Å²) in [6.07, 6.45) is 11.3. The number of aromatic nitrogens is 2. The van der Waals surface area contributed by atoms with Crippen LogP contribution in [0.4, 0.5) is 0 Å². The Labute approximate surface area is 358 Å². The van der Waals surface area contributed by atoms with Gasteiger partial charge in [0, 0.05) is 65.7 Å². The summed E-state index contributed by atoms with van der Waals surface area (Å²) in [6, 6.07) is 9.25. The number of phenolic OH excluding ortho intramolecular Hbond substituents is 1. The molecule has 61 heavy (non-hydrogen) atoms. The number of pyridine rings is 2. The molecule has 318 valence electrons. The van der Waals surface area contributed by atoms with Gasteiger partial charge in [-0.15, -0.1) is 0 Å². The second-order valence-electron chi connectivity index (χ2n) is 18.1. The maximum atomic E-state index is 13.3. The van der Waals surface area contributed by atoms with E-state index in [9.17, 15) is 29.1 Å². The number of phenols is 1. The maximum Gasteiger partial charge on any atom is 0.262 e. The molecule has 3 saturated heterocycles. The normalized spacial score (nSPS) is 23.4. The van der Waals surface area contributed by atoms with Crippen molar-refractivity contribution in [3.63, 3.8) is 0 Å². The van der Waals surface area contributed by atoms with E-state index in [2.05, 4.69) is 20.1 Å². The van der Waals surface area contributed by atoms with Crippen LogP contribution in [-0.4, -0.2) is 105 Å². The standard InChI is InChI=1S/C47H52N6O8/c1-50-25-36(33-20-38(28-3-4-28)48-23-35(33)44(50)57)29-17-40(54)37(41(18-29)60-2)26-51-13-9-27(10-14-51)24-52-15-11-47(12-16-52)21-31(22-47)61-30-5-6-32-34(19-30)46(59)53(45(32)58)39-7-8-42(55)49-43(39)56/h5-6,17-20,23,25,27-28,31,39,54H,3-4,7-16,21-22,24,26H2,1-2H3,(H,49,55,56)/i1D3. The smallest absolute Gasteiger partial charge is 0.262 e. The number of amides is 4. The van der Waals surface area contributed by atoms with Gasteiger partial charge in [-0.05, 0) is 143 Å². The van der Waals surface area contributed by atoms with Crippen LogP contribution < -0.4 is 20.3 Å². The monoisotopic (exact) mass is 831 g/mol. The largest absolute Gasteiger partial charge is 0.507 e. The van der Waals surface area contributed by atoms with Crippen LogP contribution in [0.15, 0.2) is 53.6 Å². The minimum absolute atomic E-state index is 0.0258. The molecule has 10 rings (SSSR count). The Bertz CT molecular complexity index is 2640. The highest BCUT2D eigenvalue weighted by Gasteiger charge is 2.48. The fraction of sp³-hybridized carbons (Fsp3) is 0.489. The Kier molecular flexibility index (Phi) is 9.10. The Morgan fingerprint density at radius 2 is 1.66 bits per heavy atom. The number of aryl methyl sites for hydroxylation is 1. The fourth-order valence-electron chi connectivity index (χ4n) is 10.5. The third-order valence-electron chi connectivity index (χ3n) is 14.2. The molecule has 2 aromatic heterocycles. The molecule has 0 bridgehead atoms. The van der Waals surface area contributed by atoms with Crippen molar-refractivity contribution < 1.29 is 37.9 Å². The minimum Gasteiger partial charge on any atom is -0.507 e. The molecule has 2 aliphatic carbocycles. The van der Waals surface area contributed by atoms with E-state index in [0.29, 0.717) is 52.0 Å². The molecule has 0 radical (unpaired) electrons. The lowest BCUT2D eigenvalue weighted by atomic mass is 9.61. The number of likely N-dealkylation sites (tertiary alicyclic amines) is 2. The van der Waals surface area contributed by atoms with Crippen LogP contribution in [0.3, 0.4) is 0 Å². The molecule has 2 aromatic carbocycles. The second kappa shape index (κ2) is 15.4. The zero-order valence-corrected chi connectivity index (χ0v) is 34.3. The van der Waals surface area contributed by atoms with E-state index in [1.165, 1.54) is 12.4 Å². The molecule has 2 N–H and O–H groups in total. The van der Waals surface area contributed by atoms with E-state index in [1.54, 1.807) is 31.4 Å². The Balaban J connectivity index is 0.717. The van der Waals surface area contributed by atoms with Crippen LogP contribution >= 0.6 is 0 Å². The third-order valence-corrected chi connectivity index (χ3v) is 14.2. The number of piperidine rings is 3. The van der Waals surface area contributed by atoms with Gasteiger partial charge < -0.3 is 24.0 Å². The molecular weight excluding hydrogens is 777 g/mol. The van der Waals surface area contributed by atoms with Gasteiger partial charge in [0.25, 0.3) is 17.4 Å². The van der Waals surface area contributed by atoms with E-state index in [4.69, 9.17) is 13.6 Å². The van der Waals surface area contributed by atoms with Gasteiger partial charge in [0.05, 0.1) is 29.7 Å². The van der Waals surface area contributed by atoms with Crippen molar-refractivity contribution in [3.05, 3.63) is 81.5 Å². The molecule has 4 amide bonds. The number of rotatable bonds is 10.